The fourth-order valence-corrected chi connectivity index (χ4v) is 4.55. The van der Waals surface area contributed by atoms with Gasteiger partial charge in [-0.1, -0.05) is 71.3 Å². The summed E-state index contributed by atoms with van der Waals surface area (Å²) >= 11 is 0. The Morgan fingerprint density at radius 2 is 1.54 bits per heavy atom. The van der Waals surface area contributed by atoms with E-state index in [0.29, 0.717) is 39.6 Å². The van der Waals surface area contributed by atoms with Crippen LogP contribution in [0.3, 0.4) is 0 Å². The Bertz CT molecular complexity index is 1100. The molecule has 0 fully saturated rings. The van der Waals surface area contributed by atoms with E-state index in [1.807, 2.05) is 0 Å². The monoisotopic (exact) mass is 482 g/mol. The number of ether oxygens (including phenoxy) is 4. The SMILES string of the molecule is C.C.C.C=C(CCCc1ccc2ccc3c4c(ccc1c24)CCC=3)OCCOCCOCCOC. The molecule has 0 atom stereocenters. The van der Waals surface area contributed by atoms with Crippen molar-refractivity contribution >= 4 is 27.6 Å². The van der Waals surface area contributed by atoms with Gasteiger partial charge < -0.3 is 18.9 Å². The zero-order valence-corrected chi connectivity index (χ0v) is 19.2. The Balaban J connectivity index is 0.00000204. The third kappa shape index (κ3) is 7.79. The number of hydrogen-bond donors (Lipinski definition) is 0. The van der Waals surface area contributed by atoms with Crippen molar-refractivity contribution in [3.63, 3.8) is 0 Å². The third-order valence-corrected chi connectivity index (χ3v) is 6.14. The maximum atomic E-state index is 5.73. The highest BCUT2D eigenvalue weighted by molar-refractivity contribution is 6.12. The molecule has 0 radical (unpaired) electrons. The molecule has 0 amide bonds. The van der Waals surface area contributed by atoms with Gasteiger partial charge in [-0.3, -0.25) is 0 Å². The lowest BCUT2D eigenvalue weighted by Crippen LogP contribution is -2.11. The van der Waals surface area contributed by atoms with Crippen molar-refractivity contribution in [2.24, 2.45) is 0 Å². The second kappa shape index (κ2) is 15.6. The van der Waals surface area contributed by atoms with Gasteiger partial charge in [0.2, 0.25) is 0 Å². The topological polar surface area (TPSA) is 36.9 Å². The van der Waals surface area contributed by atoms with Gasteiger partial charge in [-0.2, -0.15) is 0 Å². The minimum atomic E-state index is 0. The van der Waals surface area contributed by atoms with Crippen molar-refractivity contribution < 1.29 is 18.9 Å². The van der Waals surface area contributed by atoms with Gasteiger partial charge in [-0.05, 0) is 63.6 Å². The molecule has 4 rings (SSSR count). The van der Waals surface area contributed by atoms with Crippen LogP contribution in [-0.4, -0.2) is 46.8 Å². The van der Waals surface area contributed by atoms with Gasteiger partial charge in [0.1, 0.15) is 6.61 Å². The summed E-state index contributed by atoms with van der Waals surface area (Å²) in [5, 5.41) is 7.03. The molecule has 1 aliphatic rings. The Labute approximate surface area is 212 Å². The molecule has 0 heterocycles. The van der Waals surface area contributed by atoms with Crippen molar-refractivity contribution in [3.8, 4) is 0 Å². The zero-order chi connectivity index (χ0) is 22.2. The predicted molar refractivity (Wildman–Crippen MR) is 151 cm³/mol. The first kappa shape index (κ1) is 30.6. The maximum Gasteiger partial charge on any atom is 0.111 e. The second-order valence-corrected chi connectivity index (χ2v) is 8.33. The number of methoxy groups -OCH3 is 1. The number of benzene rings is 3. The van der Waals surface area contributed by atoms with E-state index in [2.05, 4.69) is 49.1 Å². The van der Waals surface area contributed by atoms with Crippen LogP contribution >= 0.6 is 0 Å². The molecule has 194 valence electrons. The molecule has 0 unspecified atom stereocenters. The summed E-state index contributed by atoms with van der Waals surface area (Å²) in [5.74, 6) is 0.831. The minimum absolute atomic E-state index is 0. The van der Waals surface area contributed by atoms with Crippen LogP contribution in [0.4, 0.5) is 0 Å². The van der Waals surface area contributed by atoms with Gasteiger partial charge in [0, 0.05) is 13.5 Å². The fraction of sp³-hybridized carbons (Fsp3) is 0.484. The zero-order valence-electron chi connectivity index (χ0n) is 19.2. The highest BCUT2D eigenvalue weighted by Crippen LogP contribution is 2.32. The van der Waals surface area contributed by atoms with Crippen LogP contribution in [0.15, 0.2) is 48.7 Å². The van der Waals surface area contributed by atoms with E-state index in [-0.39, 0.29) is 22.3 Å². The minimum Gasteiger partial charge on any atom is -0.496 e. The number of aryl methyl sites for hydroxylation is 2. The summed E-state index contributed by atoms with van der Waals surface area (Å²) in [7, 11) is 1.66. The summed E-state index contributed by atoms with van der Waals surface area (Å²) in [6, 6.07) is 13.8. The smallest absolute Gasteiger partial charge is 0.111 e. The molecule has 0 aliphatic heterocycles. The van der Waals surface area contributed by atoms with E-state index in [4.69, 9.17) is 18.9 Å². The van der Waals surface area contributed by atoms with Crippen molar-refractivity contribution in [1.29, 1.82) is 0 Å². The second-order valence-electron chi connectivity index (χ2n) is 8.33. The van der Waals surface area contributed by atoms with Gasteiger partial charge in [-0.15, -0.1) is 0 Å². The molecule has 0 saturated carbocycles. The molecule has 3 aromatic carbocycles. The largest absolute Gasteiger partial charge is 0.496 e. The fourth-order valence-electron chi connectivity index (χ4n) is 4.55. The lowest BCUT2D eigenvalue weighted by molar-refractivity contribution is 0.0116. The van der Waals surface area contributed by atoms with E-state index < -0.39 is 0 Å². The molecule has 0 spiro atoms. The van der Waals surface area contributed by atoms with Gasteiger partial charge in [-0.25, -0.2) is 0 Å². The first-order valence-corrected chi connectivity index (χ1v) is 11.7. The van der Waals surface area contributed by atoms with Crippen LogP contribution in [0.2, 0.25) is 0 Å². The molecule has 0 bridgehead atoms. The Morgan fingerprint density at radius 1 is 0.829 bits per heavy atom. The number of hydrogen-bond acceptors (Lipinski definition) is 4. The van der Waals surface area contributed by atoms with E-state index in [9.17, 15) is 0 Å². The molecule has 0 N–H and O–H groups in total. The van der Waals surface area contributed by atoms with E-state index >= 15 is 0 Å². The lowest BCUT2D eigenvalue weighted by atomic mass is 9.87. The maximum absolute atomic E-state index is 5.73. The van der Waals surface area contributed by atoms with E-state index in [1.54, 1.807) is 7.11 Å². The Morgan fingerprint density at radius 3 is 2.31 bits per heavy atom. The number of rotatable bonds is 14. The predicted octanol–water partition coefficient (Wildman–Crippen LogP) is 6.88. The molecular formula is C31H46O4. The van der Waals surface area contributed by atoms with Crippen LogP contribution < -0.4 is 5.22 Å². The molecular weight excluding hydrogens is 436 g/mol. The lowest BCUT2D eigenvalue weighted by Gasteiger charge is -2.17. The molecule has 3 aromatic rings. The van der Waals surface area contributed by atoms with Crippen molar-refractivity contribution in [1.82, 2.24) is 0 Å². The Hall–Kier alpha value is -2.40. The quantitative estimate of drug-likeness (QED) is 0.185. The summed E-state index contributed by atoms with van der Waals surface area (Å²) < 4.78 is 21.5. The van der Waals surface area contributed by atoms with Crippen LogP contribution in [0.5, 0.6) is 0 Å². The molecule has 0 saturated heterocycles. The van der Waals surface area contributed by atoms with E-state index in [0.717, 1.165) is 37.9 Å². The summed E-state index contributed by atoms with van der Waals surface area (Å²) in [6.07, 6.45) is 7.58. The van der Waals surface area contributed by atoms with Crippen LogP contribution in [-0.2, 0) is 31.8 Å². The average molecular weight is 483 g/mol. The summed E-state index contributed by atoms with van der Waals surface area (Å²) in [5.41, 5.74) is 2.90. The molecule has 0 aromatic heterocycles. The van der Waals surface area contributed by atoms with Gasteiger partial charge >= 0.3 is 0 Å². The first-order chi connectivity index (χ1) is 15.8. The highest BCUT2D eigenvalue weighted by atomic mass is 16.6. The standard InChI is InChI=1S/C28H34O4.3CH4/c1-21(32-20-19-31-18-17-30-16-15-29-2)5-3-6-22-9-10-25-12-11-23-7-4-8-24-13-14-26(22)28(25)27(23)24;;;/h7,9-14H,1,3-6,8,15-20H2,2H3;3*1H4. The van der Waals surface area contributed by atoms with Crippen molar-refractivity contribution in [3.05, 3.63) is 65.1 Å². The number of allylic oxidation sites excluding steroid dienone is 1. The van der Waals surface area contributed by atoms with Crippen molar-refractivity contribution in [2.75, 3.05) is 46.8 Å². The molecule has 35 heavy (non-hydrogen) atoms. The van der Waals surface area contributed by atoms with Gasteiger partial charge in [0.05, 0.1) is 38.8 Å². The summed E-state index contributed by atoms with van der Waals surface area (Å²) in [4.78, 5) is 0. The van der Waals surface area contributed by atoms with Gasteiger partial charge in [0.15, 0.2) is 0 Å². The first-order valence-electron chi connectivity index (χ1n) is 11.7. The van der Waals surface area contributed by atoms with Crippen LogP contribution in [0.1, 0.15) is 52.7 Å². The Kier molecular flexibility index (Phi) is 13.6. The third-order valence-electron chi connectivity index (χ3n) is 6.14. The summed E-state index contributed by atoms with van der Waals surface area (Å²) in [6.45, 7) is 7.51. The van der Waals surface area contributed by atoms with Crippen LogP contribution in [0, 0.1) is 0 Å². The highest BCUT2D eigenvalue weighted by Gasteiger charge is 2.13. The van der Waals surface area contributed by atoms with Crippen LogP contribution in [0.25, 0.3) is 27.6 Å². The average Bonchev–Trinajstić information content (AvgIpc) is 2.82. The molecule has 1 aliphatic carbocycles. The van der Waals surface area contributed by atoms with E-state index in [1.165, 1.54) is 37.9 Å². The molecule has 4 heteroatoms. The van der Waals surface area contributed by atoms with Gasteiger partial charge in [0.25, 0.3) is 0 Å². The normalized spacial score (nSPS) is 11.8. The van der Waals surface area contributed by atoms with Crippen molar-refractivity contribution in [2.45, 2.75) is 54.4 Å². The molecule has 4 nitrogen and oxygen atoms in total.